The van der Waals surface area contributed by atoms with Gasteiger partial charge in [-0.3, -0.25) is 0 Å². The average Bonchev–Trinajstić information content (AvgIpc) is 3.30. The minimum Gasteiger partial charge on any atom is -0.478 e. The van der Waals surface area contributed by atoms with E-state index in [-0.39, 0.29) is 0 Å². The summed E-state index contributed by atoms with van der Waals surface area (Å²) in [4.78, 5) is 14.8. The smallest absolute Gasteiger partial charge is 0.336 e. The number of fused-ring (bicyclic) bond motifs is 4. The van der Waals surface area contributed by atoms with Crippen LogP contribution in [0.15, 0.2) is 54.1 Å². The molecule has 0 radical (unpaired) electrons. The number of hydrogen-bond donors (Lipinski definition) is 1. The van der Waals surface area contributed by atoms with Crippen LogP contribution >= 0.6 is 0 Å². The third kappa shape index (κ3) is 3.37. The van der Waals surface area contributed by atoms with Crippen molar-refractivity contribution in [2.45, 2.75) is 46.0 Å². The second-order valence-corrected chi connectivity index (χ2v) is 10.8. The van der Waals surface area contributed by atoms with Gasteiger partial charge in [0.15, 0.2) is 0 Å². The molecule has 0 saturated carbocycles. The predicted molar refractivity (Wildman–Crippen MR) is 150 cm³/mol. The van der Waals surface area contributed by atoms with E-state index in [2.05, 4.69) is 47.6 Å². The summed E-state index contributed by atoms with van der Waals surface area (Å²) in [6, 6.07) is 16.5. The molecule has 0 saturated heterocycles. The summed E-state index contributed by atoms with van der Waals surface area (Å²) >= 11 is 0. The van der Waals surface area contributed by atoms with Gasteiger partial charge in [0, 0.05) is 65.5 Å². The first-order valence-electron chi connectivity index (χ1n) is 14.0. The summed E-state index contributed by atoms with van der Waals surface area (Å²) in [6.07, 6.45) is 5.05. The number of carboxylic acids is 1. The number of allylic oxidation sites excluding steroid dienone is 1. The number of aromatic carboxylic acids is 1. The van der Waals surface area contributed by atoms with E-state index >= 15 is 0 Å². The molecule has 5 heteroatoms. The Hall–Kier alpha value is -3.86. The summed E-state index contributed by atoms with van der Waals surface area (Å²) in [5.41, 5.74) is 9.53. The molecule has 1 aliphatic carbocycles. The topological polar surface area (TPSA) is 52.8 Å². The molecule has 0 unspecified atom stereocenters. The SMILES string of the molecule is CCN(CC)c1ccc2c(c1)CC1=C2Oc2c3c4c(cc2=C1c1ccccc1C(=O)O)CCC[N+]=4CCC3. The maximum absolute atomic E-state index is 12.4. The molecule has 3 aromatic rings. The fourth-order valence-electron chi connectivity index (χ4n) is 7.08. The summed E-state index contributed by atoms with van der Waals surface area (Å²) < 4.78 is 9.47. The highest BCUT2D eigenvalue weighted by molar-refractivity contribution is 6.01. The molecule has 0 spiro atoms. The van der Waals surface area contributed by atoms with Crippen LogP contribution in [-0.4, -0.2) is 37.3 Å². The minimum atomic E-state index is -0.895. The van der Waals surface area contributed by atoms with Crippen molar-refractivity contribution < 1.29 is 14.6 Å². The monoisotopic (exact) mass is 505 g/mol. The molecule has 4 aliphatic rings. The van der Waals surface area contributed by atoms with E-state index in [4.69, 9.17) is 4.74 Å². The highest BCUT2D eigenvalue weighted by Crippen LogP contribution is 2.44. The standard InChI is InChI=1S/C33H32N2O3/c1-3-34(4-2)22-13-14-23-21(17-22)19-28-29(24-10-5-6-11-25(24)33(36)37)27-18-20-9-7-15-35-16-8-12-26(30(20)35)32(27)38-31(23)28/h5-6,10-11,13-14,17-18H,3-4,7-9,12,15-16,19H2,1-2H3/p+1. The van der Waals surface area contributed by atoms with E-state index in [1.807, 2.05) is 18.2 Å². The highest BCUT2D eigenvalue weighted by atomic mass is 16.5. The average molecular weight is 506 g/mol. The first-order valence-corrected chi connectivity index (χ1v) is 14.0. The van der Waals surface area contributed by atoms with Gasteiger partial charge in [-0.15, -0.1) is 0 Å². The van der Waals surface area contributed by atoms with Crippen molar-refractivity contribution in [2.24, 2.45) is 0 Å². The van der Waals surface area contributed by atoms with E-state index in [0.29, 0.717) is 5.56 Å². The van der Waals surface area contributed by atoms with E-state index in [0.717, 1.165) is 97.3 Å². The molecular formula is C33H33N2O3+. The number of hydrogen-bond acceptors (Lipinski definition) is 3. The Bertz CT molecular complexity index is 1670. The van der Waals surface area contributed by atoms with Gasteiger partial charge in [0.25, 0.3) is 0 Å². The van der Waals surface area contributed by atoms with Crippen molar-refractivity contribution in [2.75, 3.05) is 31.1 Å². The summed E-state index contributed by atoms with van der Waals surface area (Å²) in [5, 5.41) is 12.6. The van der Waals surface area contributed by atoms with Gasteiger partial charge in [0.1, 0.15) is 24.6 Å². The number of anilines is 1. The van der Waals surface area contributed by atoms with Gasteiger partial charge in [-0.1, -0.05) is 18.2 Å². The van der Waals surface area contributed by atoms with Gasteiger partial charge in [0.05, 0.1) is 11.1 Å². The molecule has 192 valence electrons. The number of benzene rings is 3. The van der Waals surface area contributed by atoms with Crippen molar-refractivity contribution in [3.63, 3.8) is 0 Å². The van der Waals surface area contributed by atoms with Crippen molar-refractivity contribution >= 4 is 23.0 Å². The fourth-order valence-corrected chi connectivity index (χ4v) is 7.08. The first kappa shape index (κ1) is 23.3. The van der Waals surface area contributed by atoms with Gasteiger partial charge < -0.3 is 14.7 Å². The quantitative estimate of drug-likeness (QED) is 0.529. The van der Waals surface area contributed by atoms with Crippen LogP contribution in [0.1, 0.15) is 64.9 Å². The van der Waals surface area contributed by atoms with Crippen LogP contribution in [0.25, 0.3) is 11.3 Å². The molecule has 5 nitrogen and oxygen atoms in total. The molecule has 3 aliphatic heterocycles. The molecule has 38 heavy (non-hydrogen) atoms. The maximum atomic E-state index is 12.4. The number of nitrogens with zero attached hydrogens (tertiary/aromatic N) is 2. The van der Waals surface area contributed by atoms with E-state index in [1.54, 1.807) is 6.07 Å². The Labute approximate surface area is 223 Å². The summed E-state index contributed by atoms with van der Waals surface area (Å²) in [6.45, 7) is 8.48. The molecule has 0 atom stereocenters. The third-order valence-corrected chi connectivity index (χ3v) is 8.78. The van der Waals surface area contributed by atoms with Gasteiger partial charge in [-0.25, -0.2) is 9.37 Å². The van der Waals surface area contributed by atoms with Crippen molar-refractivity contribution in [3.05, 3.63) is 98.1 Å². The largest absolute Gasteiger partial charge is 0.478 e. The predicted octanol–water partition coefficient (Wildman–Crippen LogP) is 4.17. The van der Waals surface area contributed by atoms with Crippen LogP contribution in [0.5, 0.6) is 5.75 Å². The Balaban J connectivity index is 1.53. The maximum Gasteiger partial charge on any atom is 0.336 e. The van der Waals surface area contributed by atoms with Crippen molar-refractivity contribution in [1.29, 1.82) is 0 Å². The Morgan fingerprint density at radius 1 is 0.974 bits per heavy atom. The lowest BCUT2D eigenvalue weighted by Gasteiger charge is -2.26. The zero-order valence-electron chi connectivity index (χ0n) is 22.1. The van der Waals surface area contributed by atoms with Crippen molar-refractivity contribution in [1.82, 2.24) is 4.58 Å². The molecular weight excluding hydrogens is 472 g/mol. The molecule has 0 amide bonds. The molecule has 0 fully saturated rings. The number of rotatable bonds is 5. The lowest BCUT2D eigenvalue weighted by molar-refractivity contribution is 0.0696. The highest BCUT2D eigenvalue weighted by Gasteiger charge is 2.36. The first-order chi connectivity index (χ1) is 18.6. The van der Waals surface area contributed by atoms with Crippen LogP contribution in [0.4, 0.5) is 5.69 Å². The third-order valence-electron chi connectivity index (χ3n) is 8.78. The lowest BCUT2D eigenvalue weighted by atomic mass is 9.86. The molecule has 3 heterocycles. The zero-order chi connectivity index (χ0) is 26.0. The van der Waals surface area contributed by atoms with Gasteiger partial charge in [0.2, 0.25) is 5.36 Å². The van der Waals surface area contributed by atoms with Crippen LogP contribution in [-0.2, 0) is 19.3 Å². The van der Waals surface area contributed by atoms with Gasteiger partial charge >= 0.3 is 5.97 Å². The van der Waals surface area contributed by atoms with E-state index < -0.39 is 5.97 Å². The minimum absolute atomic E-state index is 0.343. The molecule has 0 bridgehead atoms. The van der Waals surface area contributed by atoms with Gasteiger partial charge in [-0.05, 0) is 68.1 Å². The second-order valence-electron chi connectivity index (χ2n) is 10.8. The summed E-state index contributed by atoms with van der Waals surface area (Å²) in [7, 11) is 0. The molecule has 3 aromatic carbocycles. The second kappa shape index (κ2) is 8.87. The van der Waals surface area contributed by atoms with Crippen molar-refractivity contribution in [3.8, 4) is 5.75 Å². The molecule has 1 N–H and O–H groups in total. The van der Waals surface area contributed by atoms with Crippen LogP contribution < -0.4 is 24.8 Å². The van der Waals surface area contributed by atoms with Gasteiger partial charge in [-0.2, -0.15) is 0 Å². The fraction of sp³-hybridized carbons (Fsp3) is 0.333. The molecule has 7 rings (SSSR count). The van der Waals surface area contributed by atoms with Crippen LogP contribution in [0.3, 0.4) is 0 Å². The number of ether oxygens (including phenoxy) is 1. The van der Waals surface area contributed by atoms with Crippen LogP contribution in [0.2, 0.25) is 0 Å². The Morgan fingerprint density at radius 2 is 1.76 bits per heavy atom. The lowest BCUT2D eigenvalue weighted by Crippen LogP contribution is -2.45. The Morgan fingerprint density at radius 3 is 2.55 bits per heavy atom. The zero-order valence-corrected chi connectivity index (χ0v) is 22.1. The number of aryl methyl sites for hydroxylation is 1. The van der Waals surface area contributed by atoms with E-state index in [1.165, 1.54) is 27.7 Å². The van der Waals surface area contributed by atoms with E-state index in [9.17, 15) is 9.90 Å². The summed E-state index contributed by atoms with van der Waals surface area (Å²) in [5.74, 6) is 0.941. The Kier molecular flexibility index (Phi) is 5.43. The number of carbonyl (C=O) groups is 1. The normalized spacial score (nSPS) is 16.9. The van der Waals surface area contributed by atoms with Crippen LogP contribution in [0, 0.1) is 0 Å². The number of carboxylic acid groups (broad SMARTS) is 1. The molecule has 0 aromatic heterocycles.